The number of aryl methyl sites for hydroxylation is 4. The Morgan fingerprint density at radius 1 is 0.317 bits per heavy atom. The first-order chi connectivity index (χ1) is 28.0. The molecule has 0 aliphatic carbocycles. The SMILES string of the molecule is C[Si](=[Zr+2])c1ccccc1.C[Si](=[Zr+2])c1ccccc1.Cc1cc2ccccc2[cH-]1.Cc1cc2ccccc2[cH-]1.Cc1cc2ccccc2[cH-]1.Cc1cc2ccccc2[cH-]1.[Cl-].[Cl-]. The van der Waals surface area contributed by atoms with E-state index in [1.807, 2.05) is 0 Å². The van der Waals surface area contributed by atoms with Crippen molar-refractivity contribution in [1.29, 1.82) is 0 Å². The van der Waals surface area contributed by atoms with Crippen molar-refractivity contribution >= 4 is 64.3 Å². The van der Waals surface area contributed by atoms with E-state index in [9.17, 15) is 0 Å². The zero-order chi connectivity index (χ0) is 41.3. The van der Waals surface area contributed by atoms with Crippen LogP contribution in [0.4, 0.5) is 0 Å². The Morgan fingerprint density at radius 3 is 0.700 bits per heavy atom. The predicted molar refractivity (Wildman–Crippen MR) is 252 cm³/mol. The van der Waals surface area contributed by atoms with E-state index in [1.165, 1.54) is 65.3 Å². The molecule has 60 heavy (non-hydrogen) atoms. The van der Waals surface area contributed by atoms with Gasteiger partial charge in [-0.1, -0.05) is 52.0 Å². The van der Waals surface area contributed by atoms with E-state index in [0.717, 1.165) is 0 Å². The summed E-state index contributed by atoms with van der Waals surface area (Å²) in [5.74, 6) is 0. The molecule has 10 aromatic rings. The smallest absolute Gasteiger partial charge is 0.0579 e. The molecule has 0 saturated heterocycles. The molecule has 0 nitrogen and oxygen atoms in total. The topological polar surface area (TPSA) is 0 Å². The van der Waals surface area contributed by atoms with Crippen molar-refractivity contribution in [2.75, 3.05) is 0 Å². The van der Waals surface area contributed by atoms with Gasteiger partial charge in [0.2, 0.25) is 0 Å². The summed E-state index contributed by atoms with van der Waals surface area (Å²) in [5, 5.41) is 13.9. The fraction of sp³-hybridized carbons (Fsp3) is 0.111. The van der Waals surface area contributed by atoms with Gasteiger partial charge in [0.15, 0.2) is 0 Å². The molecule has 300 valence electrons. The Balaban J connectivity index is 0.000000191. The molecular weight excluding hydrogens is 958 g/mol. The Morgan fingerprint density at radius 2 is 0.517 bits per heavy atom. The Bertz CT molecular complexity index is 2320. The molecule has 0 radical (unpaired) electrons. The molecule has 0 aliphatic heterocycles. The van der Waals surface area contributed by atoms with Crippen LogP contribution in [0.25, 0.3) is 43.1 Å². The maximum absolute atomic E-state index is 2.35. The van der Waals surface area contributed by atoms with Crippen LogP contribution in [-0.4, -0.2) is 10.9 Å². The number of halogens is 2. The second-order valence-electron chi connectivity index (χ2n) is 14.6. The van der Waals surface area contributed by atoms with Gasteiger partial charge in [-0.3, -0.25) is 0 Å². The standard InChI is InChI=1S/4C10H9.2C7H8Si.2ClH.2Zr/c4*1-8-6-9-4-2-3-5-10(9)7-8;2*1-8-7-5-3-2-4-6-7;;;;/h4*2-7H,1H3;2*2-6H,1H3;2*1H;;/q4*-1;;;;;2*+2/p-2. The largest absolute Gasteiger partial charge is 1.00 e. The maximum Gasteiger partial charge on any atom is -0.0579 e. The Hall–Kier alpha value is -3.46. The average molecular weight is 1010 g/mol. The fourth-order valence-corrected chi connectivity index (χ4v) is 10.4. The Labute approximate surface area is 401 Å². The van der Waals surface area contributed by atoms with Crippen LogP contribution >= 0.6 is 0 Å². The monoisotopic (exact) mass is 1010 g/mol. The van der Waals surface area contributed by atoms with Crippen LogP contribution in [0.5, 0.6) is 0 Å². The van der Waals surface area contributed by atoms with E-state index in [4.69, 9.17) is 0 Å². The minimum atomic E-state index is -0.122. The van der Waals surface area contributed by atoms with Gasteiger partial charge in [-0.15, -0.1) is 162 Å². The number of fused-ring (bicyclic) bond motifs is 4. The molecule has 0 aromatic heterocycles. The molecule has 0 amide bonds. The van der Waals surface area contributed by atoms with Crippen molar-refractivity contribution in [2.24, 2.45) is 0 Å². The summed E-state index contributed by atoms with van der Waals surface area (Å²) < 4.78 is 0. The molecule has 0 atom stereocenters. The molecule has 10 aromatic carbocycles. The van der Waals surface area contributed by atoms with E-state index in [1.54, 1.807) is 57.0 Å². The van der Waals surface area contributed by atoms with Gasteiger partial charge in [0, 0.05) is 0 Å². The minimum Gasteiger partial charge on any atom is -1.00 e. The van der Waals surface area contributed by atoms with Crippen molar-refractivity contribution in [3.8, 4) is 0 Å². The third-order valence-electron chi connectivity index (χ3n) is 9.46. The van der Waals surface area contributed by atoms with Crippen molar-refractivity contribution in [2.45, 2.75) is 40.8 Å². The maximum atomic E-state index is 2.35. The Kier molecular flexibility index (Phi) is 22.7. The van der Waals surface area contributed by atoms with Gasteiger partial charge in [-0.2, -0.15) is 24.3 Å². The molecule has 0 saturated carbocycles. The molecular formula is C54H52Cl2Si2Zr2-2. The van der Waals surface area contributed by atoms with E-state index < -0.39 is 0 Å². The van der Waals surface area contributed by atoms with Crippen LogP contribution in [0.1, 0.15) is 22.3 Å². The van der Waals surface area contributed by atoms with E-state index in [2.05, 4.69) is 247 Å². The number of hydrogen-bond acceptors (Lipinski definition) is 0. The van der Waals surface area contributed by atoms with Crippen LogP contribution in [0.2, 0.25) is 13.1 Å². The molecule has 0 fully saturated rings. The van der Waals surface area contributed by atoms with Gasteiger partial charge in [-0.05, 0) is 0 Å². The first-order valence-electron chi connectivity index (χ1n) is 19.7. The molecule has 10 rings (SSSR count). The van der Waals surface area contributed by atoms with Crippen LogP contribution in [0, 0.1) is 27.7 Å². The summed E-state index contributed by atoms with van der Waals surface area (Å²) >= 11 is 3.38. The van der Waals surface area contributed by atoms with Gasteiger partial charge in [0.05, 0.1) is 0 Å². The summed E-state index contributed by atoms with van der Waals surface area (Å²) in [6, 6.07) is 72.9. The normalized spacial score (nSPS) is 9.77. The molecule has 0 heterocycles. The number of rotatable bonds is 2. The fourth-order valence-electron chi connectivity index (χ4n) is 6.60. The molecule has 0 spiro atoms. The first-order valence-corrected chi connectivity index (χ1v) is 31.1. The summed E-state index contributed by atoms with van der Waals surface area (Å²) in [7, 11) is 0. The van der Waals surface area contributed by atoms with Gasteiger partial charge in [-0.25, -0.2) is 0 Å². The van der Waals surface area contributed by atoms with E-state index in [0.29, 0.717) is 0 Å². The number of benzene rings is 6. The first kappa shape index (κ1) is 50.9. The molecule has 0 unspecified atom stereocenters. The second kappa shape index (κ2) is 26.8. The predicted octanol–water partition coefficient (Wildman–Crippen LogP) is 7.60. The van der Waals surface area contributed by atoms with Crippen molar-refractivity contribution in [3.05, 3.63) is 229 Å². The summed E-state index contributed by atoms with van der Waals surface area (Å²) in [4.78, 5) is 0. The zero-order valence-electron chi connectivity index (χ0n) is 35.4. The van der Waals surface area contributed by atoms with Gasteiger partial charge in [0.1, 0.15) is 0 Å². The third-order valence-corrected chi connectivity index (χ3v) is 16.1. The second-order valence-corrected chi connectivity index (χ2v) is 29.3. The number of hydrogen-bond donors (Lipinski definition) is 0. The summed E-state index contributed by atoms with van der Waals surface area (Å²) in [6.45, 7) is 13.2. The molecule has 0 aliphatic rings. The average Bonchev–Trinajstić information content (AvgIpc) is 4.02. The van der Waals surface area contributed by atoms with E-state index >= 15 is 0 Å². The molecule has 0 bridgehead atoms. The van der Waals surface area contributed by atoms with Gasteiger partial charge < -0.3 is 24.8 Å². The third kappa shape index (κ3) is 16.8. The summed E-state index contributed by atoms with van der Waals surface area (Å²) in [6.07, 6.45) is 0. The quantitative estimate of drug-likeness (QED) is 0.124. The molecule has 6 heteroatoms. The van der Waals surface area contributed by atoms with Crippen molar-refractivity contribution in [1.82, 2.24) is 0 Å². The van der Waals surface area contributed by atoms with E-state index in [-0.39, 0.29) is 35.7 Å². The van der Waals surface area contributed by atoms with Crippen LogP contribution in [0.3, 0.4) is 0 Å². The van der Waals surface area contributed by atoms with Crippen LogP contribution < -0.4 is 35.2 Å². The zero-order valence-corrected chi connectivity index (χ0v) is 43.8. The van der Waals surface area contributed by atoms with Gasteiger partial charge >= 0.3 is 142 Å². The van der Waals surface area contributed by atoms with Crippen LogP contribution in [0.15, 0.2) is 206 Å². The summed E-state index contributed by atoms with van der Waals surface area (Å²) in [5.41, 5.74) is 5.15. The van der Waals surface area contributed by atoms with Gasteiger partial charge in [0.25, 0.3) is 0 Å². The van der Waals surface area contributed by atoms with Crippen LogP contribution in [-0.2, 0) is 46.7 Å². The molecule has 0 N–H and O–H groups in total. The van der Waals surface area contributed by atoms with Crippen molar-refractivity contribution in [3.63, 3.8) is 0 Å². The minimum absolute atomic E-state index is 0. The van der Waals surface area contributed by atoms with Crippen molar-refractivity contribution < 1.29 is 71.5 Å².